The molecule has 1 aliphatic rings. The van der Waals surface area contributed by atoms with Crippen LogP contribution in [0.25, 0.3) is 0 Å². The van der Waals surface area contributed by atoms with Gasteiger partial charge >= 0.3 is 0 Å². The molecule has 2 N–H and O–H groups in total. The van der Waals surface area contributed by atoms with Gasteiger partial charge in [0.25, 0.3) is 5.91 Å². The molecular formula is C11H17N3O3. The van der Waals surface area contributed by atoms with Crippen LogP contribution in [0.3, 0.4) is 0 Å². The van der Waals surface area contributed by atoms with Gasteiger partial charge in [0.05, 0.1) is 12.7 Å². The molecule has 0 spiro atoms. The Balaban J connectivity index is 1.58. The molecule has 0 saturated carbocycles. The summed E-state index contributed by atoms with van der Waals surface area (Å²) in [6, 6.07) is 1.53. The highest BCUT2D eigenvalue weighted by atomic mass is 16.5. The summed E-state index contributed by atoms with van der Waals surface area (Å²) in [6.45, 7) is 3.05. The van der Waals surface area contributed by atoms with E-state index in [1.165, 1.54) is 12.3 Å². The first-order valence-electron chi connectivity index (χ1n) is 5.87. The molecule has 2 rings (SSSR count). The summed E-state index contributed by atoms with van der Waals surface area (Å²) in [7, 11) is 0. The van der Waals surface area contributed by atoms with Crippen molar-refractivity contribution in [1.82, 2.24) is 15.8 Å². The fourth-order valence-electron chi connectivity index (χ4n) is 1.77. The van der Waals surface area contributed by atoms with E-state index in [1.807, 2.05) is 0 Å². The second-order valence-corrected chi connectivity index (χ2v) is 3.96. The number of ether oxygens (including phenoxy) is 1. The highest BCUT2D eigenvalue weighted by Crippen LogP contribution is 2.06. The largest absolute Gasteiger partial charge is 0.376 e. The fraction of sp³-hybridized carbons (Fsp3) is 0.636. The number of amides is 1. The summed E-state index contributed by atoms with van der Waals surface area (Å²) in [4.78, 5) is 11.5. The quantitative estimate of drug-likeness (QED) is 0.716. The molecule has 1 amide bonds. The Morgan fingerprint density at radius 3 is 3.12 bits per heavy atom. The lowest BCUT2D eigenvalue weighted by Gasteiger charge is -2.22. The molecule has 0 unspecified atom stereocenters. The van der Waals surface area contributed by atoms with E-state index >= 15 is 0 Å². The van der Waals surface area contributed by atoms with Crippen molar-refractivity contribution in [2.24, 2.45) is 0 Å². The van der Waals surface area contributed by atoms with Crippen molar-refractivity contribution >= 4 is 5.91 Å². The third kappa shape index (κ3) is 3.83. The number of nitrogens with one attached hydrogen (secondary N) is 2. The second kappa shape index (κ2) is 6.36. The van der Waals surface area contributed by atoms with Crippen LogP contribution in [0.2, 0.25) is 0 Å². The van der Waals surface area contributed by atoms with Crippen molar-refractivity contribution in [3.63, 3.8) is 0 Å². The van der Waals surface area contributed by atoms with E-state index in [0.717, 1.165) is 25.9 Å². The summed E-state index contributed by atoms with van der Waals surface area (Å²) in [5, 5.41) is 9.54. The number of carbonyl (C=O) groups excluding carboxylic acids is 1. The van der Waals surface area contributed by atoms with Crippen LogP contribution in [0, 0.1) is 0 Å². The predicted molar refractivity (Wildman–Crippen MR) is 60.7 cm³/mol. The molecule has 0 bridgehead atoms. The zero-order chi connectivity index (χ0) is 11.9. The molecule has 6 heteroatoms. The molecular weight excluding hydrogens is 222 g/mol. The Hall–Kier alpha value is -1.40. The van der Waals surface area contributed by atoms with Crippen LogP contribution < -0.4 is 10.6 Å². The van der Waals surface area contributed by atoms with E-state index < -0.39 is 0 Å². The van der Waals surface area contributed by atoms with Crippen LogP contribution in [-0.2, 0) is 4.74 Å². The molecule has 1 aromatic heterocycles. The molecule has 1 saturated heterocycles. The van der Waals surface area contributed by atoms with Gasteiger partial charge in [-0.1, -0.05) is 5.16 Å². The molecule has 0 radical (unpaired) electrons. The highest BCUT2D eigenvalue weighted by Gasteiger charge is 2.13. The molecule has 1 aliphatic heterocycles. The summed E-state index contributed by atoms with van der Waals surface area (Å²) in [6.07, 6.45) is 3.77. The second-order valence-electron chi connectivity index (χ2n) is 3.96. The monoisotopic (exact) mass is 239 g/mol. The van der Waals surface area contributed by atoms with Crippen LogP contribution in [0.15, 0.2) is 16.9 Å². The lowest BCUT2D eigenvalue weighted by molar-refractivity contribution is 0.0343. The Morgan fingerprint density at radius 1 is 1.59 bits per heavy atom. The van der Waals surface area contributed by atoms with Gasteiger partial charge in [-0.15, -0.1) is 0 Å². The first kappa shape index (κ1) is 12.1. The van der Waals surface area contributed by atoms with E-state index in [0.29, 0.717) is 24.9 Å². The van der Waals surface area contributed by atoms with E-state index in [9.17, 15) is 4.79 Å². The Bertz CT molecular complexity index is 334. The highest BCUT2D eigenvalue weighted by molar-refractivity contribution is 5.91. The summed E-state index contributed by atoms with van der Waals surface area (Å²) in [5.74, 6) is -0.229. The maximum absolute atomic E-state index is 11.5. The molecule has 17 heavy (non-hydrogen) atoms. The molecule has 1 aromatic rings. The Morgan fingerprint density at radius 2 is 2.41 bits per heavy atom. The van der Waals surface area contributed by atoms with Crippen LogP contribution in [-0.4, -0.2) is 43.4 Å². The average Bonchev–Trinajstić information content (AvgIpc) is 2.89. The van der Waals surface area contributed by atoms with Crippen molar-refractivity contribution in [2.45, 2.75) is 18.9 Å². The topological polar surface area (TPSA) is 76.4 Å². The van der Waals surface area contributed by atoms with Crippen LogP contribution in [0.5, 0.6) is 0 Å². The van der Waals surface area contributed by atoms with Crippen molar-refractivity contribution in [3.05, 3.63) is 18.0 Å². The standard InChI is InChI=1S/C11H17N3O3/c15-11(10-3-7-17-14-10)13-6-8-16-9-1-4-12-5-2-9/h3,7,9,12H,1-2,4-6,8H2,(H,13,15). The van der Waals surface area contributed by atoms with Crippen LogP contribution >= 0.6 is 0 Å². The molecule has 0 atom stereocenters. The third-order valence-corrected chi connectivity index (χ3v) is 2.70. The predicted octanol–water partition coefficient (Wildman–Crippen LogP) is 0.173. The Labute approximate surface area is 99.7 Å². The number of rotatable bonds is 5. The van der Waals surface area contributed by atoms with Crippen molar-refractivity contribution < 1.29 is 14.1 Å². The van der Waals surface area contributed by atoms with Gasteiger partial charge in [-0.3, -0.25) is 4.79 Å². The molecule has 2 heterocycles. The van der Waals surface area contributed by atoms with Gasteiger partial charge in [-0.2, -0.15) is 0 Å². The van der Waals surface area contributed by atoms with E-state index in [4.69, 9.17) is 4.74 Å². The van der Waals surface area contributed by atoms with Crippen LogP contribution in [0.1, 0.15) is 23.3 Å². The molecule has 0 aliphatic carbocycles. The Kier molecular flexibility index (Phi) is 4.52. The summed E-state index contributed by atoms with van der Waals surface area (Å²) < 4.78 is 10.2. The normalized spacial score (nSPS) is 16.9. The van der Waals surface area contributed by atoms with Gasteiger partial charge in [0, 0.05) is 12.6 Å². The minimum absolute atomic E-state index is 0.229. The summed E-state index contributed by atoms with van der Waals surface area (Å²) >= 11 is 0. The lowest BCUT2D eigenvalue weighted by Crippen LogP contribution is -2.34. The number of hydrogen-bond donors (Lipinski definition) is 2. The average molecular weight is 239 g/mol. The van der Waals surface area contributed by atoms with Crippen molar-refractivity contribution in [2.75, 3.05) is 26.2 Å². The first-order valence-corrected chi connectivity index (χ1v) is 5.87. The number of hydrogen-bond acceptors (Lipinski definition) is 5. The minimum Gasteiger partial charge on any atom is -0.376 e. The van der Waals surface area contributed by atoms with E-state index in [-0.39, 0.29) is 5.91 Å². The maximum atomic E-state index is 11.5. The number of nitrogens with zero attached hydrogens (tertiary/aromatic N) is 1. The van der Waals surface area contributed by atoms with Gasteiger partial charge in [-0.25, -0.2) is 0 Å². The zero-order valence-corrected chi connectivity index (χ0v) is 9.65. The number of piperidine rings is 1. The SMILES string of the molecule is O=C(NCCOC1CCNCC1)c1ccon1. The van der Waals surface area contributed by atoms with Gasteiger partial charge in [-0.05, 0) is 25.9 Å². The van der Waals surface area contributed by atoms with Crippen molar-refractivity contribution in [3.8, 4) is 0 Å². The van der Waals surface area contributed by atoms with Gasteiger partial charge in [0.1, 0.15) is 6.26 Å². The smallest absolute Gasteiger partial charge is 0.273 e. The number of aromatic nitrogens is 1. The lowest BCUT2D eigenvalue weighted by atomic mass is 10.1. The van der Waals surface area contributed by atoms with Gasteiger partial charge in [0.2, 0.25) is 0 Å². The van der Waals surface area contributed by atoms with Crippen LogP contribution in [0.4, 0.5) is 0 Å². The fourth-order valence-corrected chi connectivity index (χ4v) is 1.77. The maximum Gasteiger partial charge on any atom is 0.273 e. The number of carbonyl (C=O) groups is 1. The minimum atomic E-state index is -0.229. The van der Waals surface area contributed by atoms with Gasteiger partial charge in [0.15, 0.2) is 5.69 Å². The molecule has 1 fully saturated rings. The third-order valence-electron chi connectivity index (χ3n) is 2.70. The van der Waals surface area contributed by atoms with Gasteiger partial charge < -0.3 is 19.9 Å². The first-order chi connectivity index (χ1) is 8.36. The van der Waals surface area contributed by atoms with Crippen molar-refractivity contribution in [1.29, 1.82) is 0 Å². The molecule has 0 aromatic carbocycles. The van der Waals surface area contributed by atoms with E-state index in [1.54, 1.807) is 0 Å². The molecule has 6 nitrogen and oxygen atoms in total. The zero-order valence-electron chi connectivity index (χ0n) is 9.65. The summed E-state index contributed by atoms with van der Waals surface area (Å²) in [5.41, 5.74) is 0.298. The van der Waals surface area contributed by atoms with E-state index in [2.05, 4.69) is 20.3 Å². The molecule has 94 valence electrons.